The van der Waals surface area contributed by atoms with Crippen molar-refractivity contribution in [3.8, 4) is 0 Å². The fourth-order valence-corrected chi connectivity index (χ4v) is 2.45. The first-order valence-corrected chi connectivity index (χ1v) is 6.07. The van der Waals surface area contributed by atoms with Gasteiger partial charge in [-0.25, -0.2) is 4.39 Å². The Hall–Kier alpha value is -0.410. The van der Waals surface area contributed by atoms with Gasteiger partial charge in [-0.2, -0.15) is 0 Å². The first-order valence-electron chi connectivity index (χ1n) is 5.28. The van der Waals surface area contributed by atoms with Crippen LogP contribution in [0.25, 0.3) is 0 Å². The molecule has 0 amide bonds. The third-order valence-electron chi connectivity index (χ3n) is 3.04. The van der Waals surface area contributed by atoms with Crippen LogP contribution in [0.15, 0.2) is 22.7 Å². The van der Waals surface area contributed by atoms with E-state index < -0.39 is 0 Å². The molecule has 0 bridgehead atoms. The summed E-state index contributed by atoms with van der Waals surface area (Å²) in [5, 5.41) is 3.48. The number of benzene rings is 1. The summed E-state index contributed by atoms with van der Waals surface area (Å²) in [5.74, 6) is -0.172. The van der Waals surface area contributed by atoms with Gasteiger partial charge in [-0.05, 0) is 66.4 Å². The van der Waals surface area contributed by atoms with Crippen LogP contribution >= 0.6 is 15.9 Å². The molecule has 2 rings (SSSR count). The molecule has 1 fully saturated rings. The number of hydrogen-bond acceptors (Lipinski definition) is 1. The Morgan fingerprint density at radius 1 is 1.53 bits per heavy atom. The summed E-state index contributed by atoms with van der Waals surface area (Å²) in [5.41, 5.74) is 1.22. The van der Waals surface area contributed by atoms with Gasteiger partial charge in [0.1, 0.15) is 5.82 Å². The molecule has 0 aliphatic carbocycles. The smallest absolute Gasteiger partial charge is 0.137 e. The lowest BCUT2D eigenvalue weighted by Crippen LogP contribution is -2.38. The molecule has 1 aromatic carbocycles. The van der Waals surface area contributed by atoms with Gasteiger partial charge >= 0.3 is 0 Å². The lowest BCUT2D eigenvalue weighted by molar-refractivity contribution is 0.412. The molecule has 1 unspecified atom stereocenters. The van der Waals surface area contributed by atoms with Crippen molar-refractivity contribution in [1.82, 2.24) is 5.32 Å². The highest BCUT2D eigenvalue weighted by molar-refractivity contribution is 9.10. The minimum Gasteiger partial charge on any atom is -0.311 e. The van der Waals surface area contributed by atoms with Crippen LogP contribution in [0.4, 0.5) is 4.39 Å². The molecule has 1 aromatic rings. The van der Waals surface area contributed by atoms with Gasteiger partial charge in [0.2, 0.25) is 0 Å². The van der Waals surface area contributed by atoms with Gasteiger partial charge in [-0.1, -0.05) is 6.07 Å². The molecule has 0 radical (unpaired) electrons. The van der Waals surface area contributed by atoms with Crippen molar-refractivity contribution in [2.45, 2.75) is 31.7 Å². The predicted octanol–water partition coefficient (Wildman–Crippen LogP) is 3.27. The van der Waals surface area contributed by atoms with Crippen molar-refractivity contribution >= 4 is 15.9 Å². The van der Waals surface area contributed by atoms with Gasteiger partial charge in [0.05, 0.1) is 4.47 Å². The third kappa shape index (κ3) is 2.58. The highest BCUT2D eigenvalue weighted by Gasteiger charge is 2.28. The minimum absolute atomic E-state index is 0.153. The maximum Gasteiger partial charge on any atom is 0.137 e. The van der Waals surface area contributed by atoms with E-state index in [1.807, 2.05) is 6.07 Å². The standard InChI is InChI=1S/C12H15BrFN/c1-12(5-2-6-15-12)8-9-3-4-10(13)11(14)7-9/h3-4,7,15H,2,5-6,8H2,1H3. The molecule has 1 nitrogen and oxygen atoms in total. The average molecular weight is 272 g/mol. The van der Waals surface area contributed by atoms with Crippen LogP contribution in [0, 0.1) is 5.82 Å². The average Bonchev–Trinajstić information content (AvgIpc) is 2.59. The van der Waals surface area contributed by atoms with E-state index in [0.717, 1.165) is 18.5 Å². The van der Waals surface area contributed by atoms with E-state index in [1.165, 1.54) is 12.8 Å². The van der Waals surface area contributed by atoms with Crippen LogP contribution in [-0.2, 0) is 6.42 Å². The van der Waals surface area contributed by atoms with E-state index in [0.29, 0.717) is 4.47 Å². The Balaban J connectivity index is 2.13. The van der Waals surface area contributed by atoms with Crippen LogP contribution < -0.4 is 5.32 Å². The highest BCUT2D eigenvalue weighted by atomic mass is 79.9. The van der Waals surface area contributed by atoms with Crippen molar-refractivity contribution in [2.24, 2.45) is 0 Å². The topological polar surface area (TPSA) is 12.0 Å². The molecule has 1 N–H and O–H groups in total. The monoisotopic (exact) mass is 271 g/mol. The Labute approximate surface area is 98.2 Å². The summed E-state index contributed by atoms with van der Waals surface area (Å²) in [6, 6.07) is 5.39. The fraction of sp³-hybridized carbons (Fsp3) is 0.500. The van der Waals surface area contributed by atoms with Crippen molar-refractivity contribution in [3.63, 3.8) is 0 Å². The van der Waals surface area contributed by atoms with Crippen molar-refractivity contribution < 1.29 is 4.39 Å². The fourth-order valence-electron chi connectivity index (χ4n) is 2.21. The minimum atomic E-state index is -0.172. The van der Waals surface area contributed by atoms with Gasteiger partial charge in [0, 0.05) is 5.54 Å². The van der Waals surface area contributed by atoms with Gasteiger partial charge in [-0.3, -0.25) is 0 Å². The summed E-state index contributed by atoms with van der Waals surface area (Å²) in [6.45, 7) is 3.29. The Kier molecular flexibility index (Phi) is 3.12. The van der Waals surface area contributed by atoms with Crippen LogP contribution in [0.5, 0.6) is 0 Å². The second kappa shape index (κ2) is 4.22. The van der Waals surface area contributed by atoms with E-state index in [-0.39, 0.29) is 11.4 Å². The lowest BCUT2D eigenvalue weighted by atomic mass is 9.91. The Morgan fingerprint density at radius 3 is 2.93 bits per heavy atom. The summed E-state index contributed by atoms with van der Waals surface area (Å²) in [6.07, 6.45) is 3.29. The molecular weight excluding hydrogens is 257 g/mol. The molecule has 1 atom stereocenters. The zero-order valence-electron chi connectivity index (χ0n) is 8.82. The molecular formula is C12H15BrFN. The predicted molar refractivity (Wildman–Crippen MR) is 63.4 cm³/mol. The van der Waals surface area contributed by atoms with E-state index in [4.69, 9.17) is 0 Å². The Morgan fingerprint density at radius 2 is 2.33 bits per heavy atom. The second-order valence-electron chi connectivity index (χ2n) is 4.52. The summed E-state index contributed by atoms with van der Waals surface area (Å²) in [4.78, 5) is 0. The zero-order chi connectivity index (χ0) is 10.9. The van der Waals surface area contributed by atoms with Crippen molar-refractivity contribution in [1.29, 1.82) is 0 Å². The van der Waals surface area contributed by atoms with Crippen molar-refractivity contribution in [3.05, 3.63) is 34.1 Å². The van der Waals surface area contributed by atoms with Gasteiger partial charge < -0.3 is 5.32 Å². The van der Waals surface area contributed by atoms with Crippen LogP contribution in [-0.4, -0.2) is 12.1 Å². The first kappa shape index (κ1) is 11.1. The number of halogens is 2. The summed E-state index contributed by atoms with van der Waals surface area (Å²) >= 11 is 3.16. The number of hydrogen-bond donors (Lipinski definition) is 1. The van der Waals surface area contributed by atoms with E-state index in [2.05, 4.69) is 28.2 Å². The molecule has 1 aliphatic rings. The first-order chi connectivity index (χ1) is 7.09. The van der Waals surface area contributed by atoms with E-state index >= 15 is 0 Å². The SMILES string of the molecule is CC1(Cc2ccc(Br)c(F)c2)CCCN1. The maximum absolute atomic E-state index is 13.3. The molecule has 15 heavy (non-hydrogen) atoms. The van der Waals surface area contributed by atoms with Gasteiger partial charge in [0.15, 0.2) is 0 Å². The molecule has 1 aliphatic heterocycles. The van der Waals surface area contributed by atoms with Crippen molar-refractivity contribution in [2.75, 3.05) is 6.54 Å². The second-order valence-corrected chi connectivity index (χ2v) is 5.37. The van der Waals surface area contributed by atoms with Crippen LogP contribution in [0.1, 0.15) is 25.3 Å². The van der Waals surface area contributed by atoms with E-state index in [1.54, 1.807) is 12.1 Å². The van der Waals surface area contributed by atoms with Gasteiger partial charge in [0.25, 0.3) is 0 Å². The number of rotatable bonds is 2. The van der Waals surface area contributed by atoms with Gasteiger partial charge in [-0.15, -0.1) is 0 Å². The van der Waals surface area contributed by atoms with E-state index in [9.17, 15) is 4.39 Å². The largest absolute Gasteiger partial charge is 0.311 e. The highest BCUT2D eigenvalue weighted by Crippen LogP contribution is 2.25. The Bertz CT molecular complexity index is 359. The molecule has 1 saturated heterocycles. The molecule has 1 heterocycles. The van der Waals surface area contributed by atoms with Crippen LogP contribution in [0.2, 0.25) is 0 Å². The summed E-state index contributed by atoms with van der Waals surface area (Å²) < 4.78 is 13.8. The molecule has 3 heteroatoms. The molecule has 0 aromatic heterocycles. The summed E-state index contributed by atoms with van der Waals surface area (Å²) in [7, 11) is 0. The molecule has 82 valence electrons. The molecule has 0 saturated carbocycles. The normalized spacial score (nSPS) is 25.8. The molecule has 0 spiro atoms. The quantitative estimate of drug-likeness (QED) is 0.871. The maximum atomic E-state index is 13.3. The lowest BCUT2D eigenvalue weighted by Gasteiger charge is -2.24. The zero-order valence-corrected chi connectivity index (χ0v) is 10.4. The third-order valence-corrected chi connectivity index (χ3v) is 3.68. The number of nitrogens with one attached hydrogen (secondary N) is 1. The van der Waals surface area contributed by atoms with Crippen LogP contribution in [0.3, 0.4) is 0 Å².